The third kappa shape index (κ3) is 7.63. The van der Waals surface area contributed by atoms with Crippen LogP contribution in [-0.4, -0.2) is 49.9 Å². The van der Waals surface area contributed by atoms with Crippen molar-refractivity contribution in [3.05, 3.63) is 59.7 Å². The number of aryl methyl sites for hydroxylation is 1. The predicted octanol–water partition coefficient (Wildman–Crippen LogP) is 5.53. The number of rotatable bonds is 8. The molecule has 0 aromatic heterocycles. The molecule has 2 aliphatic rings. The third-order valence-electron chi connectivity index (χ3n) is 7.42. The van der Waals surface area contributed by atoms with Gasteiger partial charge < -0.3 is 15.0 Å². The fourth-order valence-electron chi connectivity index (χ4n) is 5.29. The normalized spacial score (nSPS) is 18.3. The molecule has 2 heterocycles. The van der Waals surface area contributed by atoms with Gasteiger partial charge in [0, 0.05) is 37.8 Å². The van der Waals surface area contributed by atoms with Crippen molar-refractivity contribution >= 4 is 11.6 Å². The monoisotopic (exact) mass is 503 g/mol. The lowest BCUT2D eigenvalue weighted by molar-refractivity contribution is -0.274. The molecule has 0 spiro atoms. The van der Waals surface area contributed by atoms with Gasteiger partial charge in [-0.15, -0.1) is 13.2 Å². The van der Waals surface area contributed by atoms with Crippen molar-refractivity contribution in [3.63, 3.8) is 0 Å². The lowest BCUT2D eigenvalue weighted by Crippen LogP contribution is -2.41. The minimum absolute atomic E-state index is 0.0112. The third-order valence-corrected chi connectivity index (χ3v) is 7.42. The molecule has 1 amide bonds. The summed E-state index contributed by atoms with van der Waals surface area (Å²) in [5.74, 6) is 0.596. The van der Waals surface area contributed by atoms with E-state index in [-0.39, 0.29) is 17.6 Å². The molecule has 0 radical (unpaired) electrons. The molecule has 2 saturated heterocycles. The number of hydrogen-bond donors (Lipinski definition) is 1. The molecule has 196 valence electrons. The maximum absolute atomic E-state index is 12.7. The van der Waals surface area contributed by atoms with Crippen LogP contribution in [0.3, 0.4) is 0 Å². The number of likely N-dealkylation sites (tertiary alicyclic amines) is 1. The van der Waals surface area contributed by atoms with Crippen molar-refractivity contribution in [1.82, 2.24) is 10.2 Å². The Balaban J connectivity index is 1.14. The minimum atomic E-state index is -4.70. The van der Waals surface area contributed by atoms with Crippen LogP contribution in [0.5, 0.6) is 5.75 Å². The highest BCUT2D eigenvalue weighted by atomic mass is 19.4. The Morgan fingerprint density at radius 1 is 1.00 bits per heavy atom. The van der Waals surface area contributed by atoms with E-state index in [0.717, 1.165) is 51.1 Å². The highest BCUT2D eigenvalue weighted by molar-refractivity contribution is 5.79. The van der Waals surface area contributed by atoms with Gasteiger partial charge in [-0.2, -0.15) is 0 Å². The van der Waals surface area contributed by atoms with Crippen molar-refractivity contribution in [2.45, 2.75) is 51.9 Å². The maximum atomic E-state index is 12.7. The summed E-state index contributed by atoms with van der Waals surface area (Å²) in [4.78, 5) is 17.3. The van der Waals surface area contributed by atoms with Crippen LogP contribution in [0.15, 0.2) is 48.5 Å². The standard InChI is InChI=1S/C28H36F3N3O2/c1-21-19-25(7-8-26(21)36-28(29,30)31)34-17-12-24(13-18-34)27(35)32-14-9-22-10-15-33(16-11-22)20-23-5-3-2-4-6-23/h2-8,19,22,24H,9-18,20H2,1H3,(H,32,35). The van der Waals surface area contributed by atoms with Crippen molar-refractivity contribution in [2.24, 2.45) is 11.8 Å². The van der Waals surface area contributed by atoms with Crippen molar-refractivity contribution in [3.8, 4) is 5.75 Å². The minimum Gasteiger partial charge on any atom is -0.406 e. The van der Waals surface area contributed by atoms with Gasteiger partial charge in [-0.05, 0) is 87.4 Å². The molecular weight excluding hydrogens is 467 g/mol. The molecule has 0 bridgehead atoms. The Morgan fingerprint density at radius 2 is 1.69 bits per heavy atom. The molecule has 8 heteroatoms. The second-order valence-electron chi connectivity index (χ2n) is 10.0. The number of benzene rings is 2. The summed E-state index contributed by atoms with van der Waals surface area (Å²) < 4.78 is 41.6. The van der Waals surface area contributed by atoms with E-state index in [1.54, 1.807) is 19.1 Å². The topological polar surface area (TPSA) is 44.8 Å². The number of ether oxygens (including phenoxy) is 1. The number of carbonyl (C=O) groups is 1. The molecule has 2 aromatic carbocycles. The zero-order chi connectivity index (χ0) is 25.5. The molecule has 36 heavy (non-hydrogen) atoms. The van der Waals surface area contributed by atoms with E-state index < -0.39 is 6.36 Å². The first-order valence-corrected chi connectivity index (χ1v) is 12.9. The number of hydrogen-bond acceptors (Lipinski definition) is 4. The highest BCUT2D eigenvalue weighted by Gasteiger charge is 2.32. The quantitative estimate of drug-likeness (QED) is 0.515. The van der Waals surface area contributed by atoms with E-state index >= 15 is 0 Å². The van der Waals surface area contributed by atoms with Gasteiger partial charge >= 0.3 is 6.36 Å². The largest absolute Gasteiger partial charge is 0.573 e. The fourth-order valence-corrected chi connectivity index (χ4v) is 5.29. The van der Waals surface area contributed by atoms with Crippen LogP contribution < -0.4 is 15.0 Å². The summed E-state index contributed by atoms with van der Waals surface area (Å²) >= 11 is 0. The van der Waals surface area contributed by atoms with Gasteiger partial charge in [0.1, 0.15) is 5.75 Å². The SMILES string of the molecule is Cc1cc(N2CCC(C(=O)NCCC3CCN(Cc4ccccc4)CC3)CC2)ccc1OC(F)(F)F. The Bertz CT molecular complexity index is 983. The van der Waals surface area contributed by atoms with Gasteiger partial charge in [0.05, 0.1) is 0 Å². The van der Waals surface area contributed by atoms with Crippen molar-refractivity contribution in [1.29, 1.82) is 0 Å². The number of nitrogens with one attached hydrogen (secondary N) is 1. The number of amides is 1. The number of alkyl halides is 3. The Hall–Kier alpha value is -2.74. The molecule has 0 atom stereocenters. The van der Waals surface area contributed by atoms with Gasteiger partial charge in [0.2, 0.25) is 5.91 Å². The van der Waals surface area contributed by atoms with Gasteiger partial charge in [-0.1, -0.05) is 30.3 Å². The van der Waals surface area contributed by atoms with E-state index in [1.807, 2.05) is 6.07 Å². The van der Waals surface area contributed by atoms with Gasteiger partial charge in [0.15, 0.2) is 0 Å². The van der Waals surface area contributed by atoms with Crippen molar-refractivity contribution in [2.75, 3.05) is 37.6 Å². The van der Waals surface area contributed by atoms with Crippen LogP contribution in [0.4, 0.5) is 18.9 Å². The van der Waals surface area contributed by atoms with Crippen LogP contribution in [0.1, 0.15) is 43.2 Å². The molecular formula is C28H36F3N3O2. The van der Waals surface area contributed by atoms with Gasteiger partial charge in [0.25, 0.3) is 0 Å². The fraction of sp³-hybridized carbons (Fsp3) is 0.536. The molecule has 2 fully saturated rings. The average molecular weight is 504 g/mol. The second kappa shape index (κ2) is 12.0. The van der Waals surface area contributed by atoms with Crippen LogP contribution in [0, 0.1) is 18.8 Å². The Kier molecular flexibility index (Phi) is 8.77. The molecule has 5 nitrogen and oxygen atoms in total. The number of piperidine rings is 2. The van der Waals surface area contributed by atoms with Crippen LogP contribution >= 0.6 is 0 Å². The highest BCUT2D eigenvalue weighted by Crippen LogP contribution is 2.31. The molecule has 2 aromatic rings. The van der Waals surface area contributed by atoms with Crippen molar-refractivity contribution < 1.29 is 22.7 Å². The zero-order valence-electron chi connectivity index (χ0n) is 20.9. The lowest BCUT2D eigenvalue weighted by atomic mass is 9.92. The van der Waals surface area contributed by atoms with Gasteiger partial charge in [-0.25, -0.2) is 0 Å². The molecule has 0 saturated carbocycles. The number of carbonyl (C=O) groups excluding carboxylic acids is 1. The Labute approximate surface area is 211 Å². The lowest BCUT2D eigenvalue weighted by Gasteiger charge is -2.34. The number of nitrogens with zero attached hydrogens (tertiary/aromatic N) is 2. The zero-order valence-corrected chi connectivity index (χ0v) is 20.9. The van der Waals surface area contributed by atoms with E-state index in [9.17, 15) is 18.0 Å². The van der Waals surface area contributed by atoms with E-state index in [2.05, 4.69) is 44.1 Å². The predicted molar refractivity (Wildman–Crippen MR) is 135 cm³/mol. The van der Waals surface area contributed by atoms with Gasteiger partial charge in [-0.3, -0.25) is 9.69 Å². The van der Waals surface area contributed by atoms with Crippen LogP contribution in [-0.2, 0) is 11.3 Å². The first kappa shape index (κ1) is 26.3. The molecule has 4 rings (SSSR count). The van der Waals surface area contributed by atoms with E-state index in [0.29, 0.717) is 24.6 Å². The Morgan fingerprint density at radius 3 is 2.33 bits per heavy atom. The van der Waals surface area contributed by atoms with E-state index in [4.69, 9.17) is 0 Å². The average Bonchev–Trinajstić information content (AvgIpc) is 2.86. The summed E-state index contributed by atoms with van der Waals surface area (Å²) in [6, 6.07) is 15.3. The summed E-state index contributed by atoms with van der Waals surface area (Å²) in [6.07, 6.45) is 0.154. The maximum Gasteiger partial charge on any atom is 0.573 e. The van der Waals surface area contributed by atoms with E-state index in [1.165, 1.54) is 24.5 Å². The van der Waals surface area contributed by atoms with Crippen LogP contribution in [0.2, 0.25) is 0 Å². The summed E-state index contributed by atoms with van der Waals surface area (Å²) in [7, 11) is 0. The molecule has 0 aliphatic carbocycles. The summed E-state index contributed by atoms with van der Waals surface area (Å²) in [6.45, 7) is 6.96. The molecule has 0 unspecified atom stereocenters. The smallest absolute Gasteiger partial charge is 0.406 e. The first-order valence-electron chi connectivity index (χ1n) is 12.9. The second-order valence-corrected chi connectivity index (χ2v) is 10.0. The molecule has 2 aliphatic heterocycles. The first-order chi connectivity index (χ1) is 17.3. The summed E-state index contributed by atoms with van der Waals surface area (Å²) in [5.41, 5.74) is 2.66. The summed E-state index contributed by atoms with van der Waals surface area (Å²) in [5, 5.41) is 3.15. The number of anilines is 1. The van der Waals surface area contributed by atoms with Crippen LogP contribution in [0.25, 0.3) is 0 Å². The molecule has 1 N–H and O–H groups in total. The number of halogens is 3.